The van der Waals surface area contributed by atoms with Crippen LogP contribution in [-0.2, 0) is 7.05 Å². The molecule has 1 aromatic heterocycles. The minimum atomic E-state index is 0.627. The van der Waals surface area contributed by atoms with Crippen LogP contribution in [0.2, 0.25) is 0 Å². The van der Waals surface area contributed by atoms with E-state index in [1.807, 2.05) is 18.5 Å². The van der Waals surface area contributed by atoms with Crippen LogP contribution in [-0.4, -0.2) is 9.55 Å². The number of rotatable bonds is 1. The predicted molar refractivity (Wildman–Crippen MR) is 72.3 cm³/mol. The van der Waals surface area contributed by atoms with Crippen molar-refractivity contribution in [3.63, 3.8) is 0 Å². The topological polar surface area (TPSA) is 41.6 Å². The zero-order chi connectivity index (χ0) is 13.4. The fourth-order valence-electron chi connectivity index (χ4n) is 2.47. The van der Waals surface area contributed by atoms with E-state index in [1.165, 1.54) is 16.7 Å². The van der Waals surface area contributed by atoms with Crippen LogP contribution in [0, 0.1) is 39.0 Å². The first-order chi connectivity index (χ1) is 8.45. The van der Waals surface area contributed by atoms with Crippen LogP contribution in [0.4, 0.5) is 0 Å². The second-order valence-corrected chi connectivity index (χ2v) is 4.80. The maximum absolute atomic E-state index is 9.30. The van der Waals surface area contributed by atoms with Crippen molar-refractivity contribution in [1.82, 2.24) is 9.55 Å². The highest BCUT2D eigenvalue weighted by atomic mass is 15.1. The highest BCUT2D eigenvalue weighted by Gasteiger charge is 2.17. The average Bonchev–Trinajstić information content (AvgIpc) is 2.53. The Balaban J connectivity index is 2.78. The molecule has 1 heterocycles. The predicted octanol–water partition coefficient (Wildman–Crippen LogP) is 3.19. The zero-order valence-electron chi connectivity index (χ0n) is 11.5. The number of aryl methyl sites for hydroxylation is 4. The third kappa shape index (κ3) is 1.80. The summed E-state index contributed by atoms with van der Waals surface area (Å²) in [6.45, 7) is 8.14. The molecule has 3 nitrogen and oxygen atoms in total. The summed E-state index contributed by atoms with van der Waals surface area (Å²) in [5, 5.41) is 9.30. The van der Waals surface area contributed by atoms with E-state index in [9.17, 15) is 5.26 Å². The Bertz CT molecular complexity index is 634. The Labute approximate surface area is 108 Å². The molecular formula is C15H17N3. The number of hydrogen-bond acceptors (Lipinski definition) is 2. The molecule has 18 heavy (non-hydrogen) atoms. The molecule has 0 saturated heterocycles. The number of nitrogens with zero attached hydrogens (tertiary/aromatic N) is 3. The van der Waals surface area contributed by atoms with Crippen molar-refractivity contribution >= 4 is 0 Å². The molecule has 0 spiro atoms. The monoisotopic (exact) mass is 239 g/mol. The zero-order valence-corrected chi connectivity index (χ0v) is 11.5. The summed E-state index contributed by atoms with van der Waals surface area (Å²) in [7, 11) is 1.88. The van der Waals surface area contributed by atoms with E-state index in [-0.39, 0.29) is 0 Å². The molecule has 2 aromatic rings. The normalized spacial score (nSPS) is 10.4. The molecule has 0 aliphatic rings. The van der Waals surface area contributed by atoms with Crippen LogP contribution in [0.1, 0.15) is 28.2 Å². The smallest absolute Gasteiger partial charge is 0.147 e. The maximum Gasteiger partial charge on any atom is 0.147 e. The number of benzene rings is 1. The highest BCUT2D eigenvalue weighted by molar-refractivity contribution is 5.72. The van der Waals surface area contributed by atoms with Gasteiger partial charge in [0, 0.05) is 12.6 Å². The van der Waals surface area contributed by atoms with Gasteiger partial charge in [-0.15, -0.1) is 0 Å². The maximum atomic E-state index is 9.30. The van der Waals surface area contributed by atoms with Gasteiger partial charge in [-0.05, 0) is 38.8 Å². The Hall–Kier alpha value is -2.08. The number of nitriles is 1. The quantitative estimate of drug-likeness (QED) is 0.767. The van der Waals surface area contributed by atoms with Gasteiger partial charge in [0.15, 0.2) is 0 Å². The Morgan fingerprint density at radius 2 is 1.67 bits per heavy atom. The first-order valence-corrected chi connectivity index (χ1v) is 5.97. The summed E-state index contributed by atoms with van der Waals surface area (Å²) in [5.41, 5.74) is 6.08. The molecule has 0 aliphatic carbocycles. The fraction of sp³-hybridized carbons (Fsp3) is 0.333. The molecule has 0 saturated carbocycles. The van der Waals surface area contributed by atoms with E-state index in [1.54, 1.807) is 0 Å². The van der Waals surface area contributed by atoms with Crippen molar-refractivity contribution in [3.05, 3.63) is 40.3 Å². The van der Waals surface area contributed by atoms with Gasteiger partial charge >= 0.3 is 0 Å². The molecule has 0 N–H and O–H groups in total. The van der Waals surface area contributed by atoms with E-state index in [0.29, 0.717) is 5.69 Å². The van der Waals surface area contributed by atoms with E-state index < -0.39 is 0 Å². The van der Waals surface area contributed by atoms with Gasteiger partial charge in [-0.25, -0.2) is 4.98 Å². The molecule has 2 rings (SSSR count). The molecule has 0 amide bonds. The largest absolute Gasteiger partial charge is 0.323 e. The highest BCUT2D eigenvalue weighted by Crippen LogP contribution is 2.30. The van der Waals surface area contributed by atoms with Gasteiger partial charge in [-0.1, -0.05) is 17.7 Å². The van der Waals surface area contributed by atoms with Crippen molar-refractivity contribution in [3.8, 4) is 17.3 Å². The molecule has 0 fully saturated rings. The first kappa shape index (κ1) is 12.4. The molecule has 0 bridgehead atoms. The first-order valence-electron chi connectivity index (χ1n) is 5.97. The third-order valence-electron chi connectivity index (χ3n) is 3.34. The van der Waals surface area contributed by atoms with E-state index in [0.717, 1.165) is 17.1 Å². The van der Waals surface area contributed by atoms with Crippen molar-refractivity contribution in [2.45, 2.75) is 27.7 Å². The summed E-state index contributed by atoms with van der Waals surface area (Å²) in [4.78, 5) is 4.54. The molecule has 3 heteroatoms. The fourth-order valence-corrected chi connectivity index (χ4v) is 2.47. The van der Waals surface area contributed by atoms with Crippen LogP contribution >= 0.6 is 0 Å². The lowest BCUT2D eigenvalue weighted by Gasteiger charge is -2.09. The molecule has 0 radical (unpaired) electrons. The van der Waals surface area contributed by atoms with Crippen molar-refractivity contribution < 1.29 is 0 Å². The number of aromatic nitrogens is 2. The van der Waals surface area contributed by atoms with E-state index >= 15 is 0 Å². The third-order valence-corrected chi connectivity index (χ3v) is 3.34. The molecule has 0 aliphatic heterocycles. The van der Waals surface area contributed by atoms with Gasteiger partial charge in [0.25, 0.3) is 0 Å². The SMILES string of the molecule is Cc1cc(C)c(-c2nc(C)n(C)c2C#N)c(C)c1. The summed E-state index contributed by atoms with van der Waals surface area (Å²) in [6, 6.07) is 6.52. The minimum Gasteiger partial charge on any atom is -0.323 e. The summed E-state index contributed by atoms with van der Waals surface area (Å²) >= 11 is 0. The summed E-state index contributed by atoms with van der Waals surface area (Å²) in [5.74, 6) is 0.862. The molecular weight excluding hydrogens is 222 g/mol. The van der Waals surface area contributed by atoms with Gasteiger partial charge in [0.05, 0.1) is 0 Å². The van der Waals surface area contributed by atoms with E-state index in [2.05, 4.69) is 44.0 Å². The summed E-state index contributed by atoms with van der Waals surface area (Å²) < 4.78 is 1.84. The lowest BCUT2D eigenvalue weighted by Crippen LogP contribution is -1.96. The van der Waals surface area contributed by atoms with Crippen molar-refractivity contribution in [2.75, 3.05) is 0 Å². The Kier molecular flexibility index (Phi) is 2.96. The second-order valence-electron chi connectivity index (χ2n) is 4.80. The summed E-state index contributed by atoms with van der Waals surface area (Å²) in [6.07, 6.45) is 0. The van der Waals surface area contributed by atoms with Gasteiger partial charge in [-0.3, -0.25) is 0 Å². The van der Waals surface area contributed by atoms with Gasteiger partial charge in [-0.2, -0.15) is 5.26 Å². The van der Waals surface area contributed by atoms with Crippen LogP contribution in [0.25, 0.3) is 11.3 Å². The average molecular weight is 239 g/mol. The van der Waals surface area contributed by atoms with Gasteiger partial charge in [0.2, 0.25) is 0 Å². The van der Waals surface area contributed by atoms with Crippen molar-refractivity contribution in [2.24, 2.45) is 7.05 Å². The Morgan fingerprint density at radius 1 is 1.11 bits per heavy atom. The lowest BCUT2D eigenvalue weighted by atomic mass is 9.96. The molecule has 1 aromatic carbocycles. The van der Waals surface area contributed by atoms with Crippen LogP contribution in [0.5, 0.6) is 0 Å². The second kappa shape index (κ2) is 4.30. The molecule has 0 unspecified atom stereocenters. The number of hydrogen-bond donors (Lipinski definition) is 0. The van der Waals surface area contributed by atoms with Gasteiger partial charge in [0.1, 0.15) is 23.3 Å². The molecule has 0 atom stereocenters. The van der Waals surface area contributed by atoms with E-state index in [4.69, 9.17) is 0 Å². The standard InChI is InChI=1S/C15H17N3/c1-9-6-10(2)14(11(3)7-9)15-13(8-16)18(5)12(4)17-15/h6-7H,1-5H3. The van der Waals surface area contributed by atoms with Crippen LogP contribution < -0.4 is 0 Å². The van der Waals surface area contributed by atoms with Crippen molar-refractivity contribution in [1.29, 1.82) is 5.26 Å². The molecule has 92 valence electrons. The van der Waals surface area contributed by atoms with Crippen LogP contribution in [0.3, 0.4) is 0 Å². The Morgan fingerprint density at radius 3 is 2.17 bits per heavy atom. The minimum absolute atomic E-state index is 0.627. The number of imidazole rings is 1. The van der Waals surface area contributed by atoms with Gasteiger partial charge < -0.3 is 4.57 Å². The van der Waals surface area contributed by atoms with Crippen LogP contribution in [0.15, 0.2) is 12.1 Å². The lowest BCUT2D eigenvalue weighted by molar-refractivity contribution is 0.845.